The molecule has 0 saturated carbocycles. The predicted molar refractivity (Wildman–Crippen MR) is 76.1 cm³/mol. The number of methoxy groups -OCH3 is 1. The monoisotopic (exact) mass is 274 g/mol. The first-order chi connectivity index (χ1) is 9.58. The highest BCUT2D eigenvalue weighted by molar-refractivity contribution is 5.94. The maximum absolute atomic E-state index is 13.0. The van der Waals surface area contributed by atoms with Crippen LogP contribution in [0.1, 0.15) is 5.56 Å². The Labute approximate surface area is 116 Å². The summed E-state index contributed by atoms with van der Waals surface area (Å²) in [4.78, 5) is 11.9. The summed E-state index contributed by atoms with van der Waals surface area (Å²) >= 11 is 0. The van der Waals surface area contributed by atoms with E-state index in [0.717, 1.165) is 0 Å². The van der Waals surface area contributed by atoms with Crippen molar-refractivity contribution < 1.29 is 13.9 Å². The first-order valence-electron chi connectivity index (χ1n) is 6.06. The molecular weight excluding hydrogens is 259 g/mol. The lowest BCUT2D eigenvalue weighted by Gasteiger charge is -2.10. The quantitative estimate of drug-likeness (QED) is 0.842. The van der Waals surface area contributed by atoms with E-state index in [2.05, 4.69) is 5.32 Å². The Bertz CT molecular complexity index is 629. The van der Waals surface area contributed by atoms with Crippen LogP contribution < -0.4 is 15.8 Å². The Balaban J connectivity index is 2.08. The molecule has 2 aromatic rings. The SMILES string of the molecule is COc1cc(N)ccc1NC(=O)Cc1cccc(F)c1. The number of carbonyl (C=O) groups is 1. The zero-order valence-electron chi connectivity index (χ0n) is 11.0. The molecule has 0 bridgehead atoms. The Hall–Kier alpha value is -2.56. The number of carbonyl (C=O) groups excluding carboxylic acids is 1. The minimum absolute atomic E-state index is 0.0886. The Morgan fingerprint density at radius 1 is 1.30 bits per heavy atom. The van der Waals surface area contributed by atoms with E-state index >= 15 is 0 Å². The summed E-state index contributed by atoms with van der Waals surface area (Å²) in [6.45, 7) is 0. The number of hydrogen-bond acceptors (Lipinski definition) is 3. The van der Waals surface area contributed by atoms with Crippen LogP contribution >= 0.6 is 0 Å². The molecule has 2 rings (SSSR count). The number of nitrogen functional groups attached to an aromatic ring is 1. The van der Waals surface area contributed by atoms with Gasteiger partial charge in [-0.15, -0.1) is 0 Å². The van der Waals surface area contributed by atoms with Gasteiger partial charge in [-0.05, 0) is 29.8 Å². The Kier molecular flexibility index (Phi) is 4.20. The van der Waals surface area contributed by atoms with Crippen molar-refractivity contribution in [3.8, 4) is 5.75 Å². The molecule has 0 unspecified atom stereocenters. The van der Waals surface area contributed by atoms with Crippen molar-refractivity contribution in [3.05, 3.63) is 53.8 Å². The number of halogens is 1. The molecule has 2 aromatic carbocycles. The third-order valence-electron chi connectivity index (χ3n) is 2.75. The normalized spacial score (nSPS) is 10.1. The largest absolute Gasteiger partial charge is 0.494 e. The summed E-state index contributed by atoms with van der Waals surface area (Å²) in [5.41, 5.74) is 7.32. The van der Waals surface area contributed by atoms with E-state index in [9.17, 15) is 9.18 Å². The van der Waals surface area contributed by atoms with Gasteiger partial charge in [-0.3, -0.25) is 4.79 Å². The van der Waals surface area contributed by atoms with Crippen molar-refractivity contribution in [2.75, 3.05) is 18.2 Å². The molecule has 0 radical (unpaired) electrons. The average Bonchev–Trinajstić information content (AvgIpc) is 2.40. The van der Waals surface area contributed by atoms with Crippen molar-refractivity contribution in [3.63, 3.8) is 0 Å². The van der Waals surface area contributed by atoms with E-state index in [0.29, 0.717) is 22.7 Å². The van der Waals surface area contributed by atoms with Gasteiger partial charge in [0.1, 0.15) is 11.6 Å². The van der Waals surface area contributed by atoms with Crippen molar-refractivity contribution in [1.29, 1.82) is 0 Å². The number of amides is 1. The van der Waals surface area contributed by atoms with Crippen LogP contribution in [0.15, 0.2) is 42.5 Å². The third-order valence-corrected chi connectivity index (χ3v) is 2.75. The summed E-state index contributed by atoms with van der Waals surface area (Å²) in [6, 6.07) is 10.9. The Morgan fingerprint density at radius 2 is 2.10 bits per heavy atom. The molecule has 1 amide bonds. The maximum atomic E-state index is 13.0. The second kappa shape index (κ2) is 6.06. The van der Waals surface area contributed by atoms with Crippen molar-refractivity contribution in [1.82, 2.24) is 0 Å². The van der Waals surface area contributed by atoms with Gasteiger partial charge < -0.3 is 15.8 Å². The van der Waals surface area contributed by atoms with E-state index in [1.54, 1.807) is 30.3 Å². The number of benzene rings is 2. The van der Waals surface area contributed by atoms with Crippen LogP contribution in [0.2, 0.25) is 0 Å². The predicted octanol–water partition coefficient (Wildman–Crippen LogP) is 2.60. The van der Waals surface area contributed by atoms with Crippen LogP contribution in [0.3, 0.4) is 0 Å². The number of ether oxygens (including phenoxy) is 1. The first-order valence-corrected chi connectivity index (χ1v) is 6.06. The molecule has 0 saturated heterocycles. The van der Waals surface area contributed by atoms with Gasteiger partial charge in [0, 0.05) is 11.8 Å². The van der Waals surface area contributed by atoms with Crippen molar-refractivity contribution >= 4 is 17.3 Å². The van der Waals surface area contributed by atoms with E-state index in [-0.39, 0.29) is 18.1 Å². The molecule has 0 aliphatic rings. The summed E-state index contributed by atoms with van der Waals surface area (Å²) in [5, 5.41) is 2.71. The van der Waals surface area contributed by atoms with Crippen LogP contribution in [0.4, 0.5) is 15.8 Å². The van der Waals surface area contributed by atoms with Gasteiger partial charge in [-0.25, -0.2) is 4.39 Å². The van der Waals surface area contributed by atoms with Crippen molar-refractivity contribution in [2.45, 2.75) is 6.42 Å². The Morgan fingerprint density at radius 3 is 2.80 bits per heavy atom. The van der Waals surface area contributed by atoms with E-state index in [1.165, 1.54) is 19.2 Å². The van der Waals surface area contributed by atoms with E-state index in [1.807, 2.05) is 0 Å². The topological polar surface area (TPSA) is 64.3 Å². The van der Waals surface area contributed by atoms with E-state index < -0.39 is 0 Å². The van der Waals surface area contributed by atoms with Gasteiger partial charge in [0.25, 0.3) is 0 Å². The summed E-state index contributed by atoms with van der Waals surface area (Å²) in [6.07, 6.45) is 0.0886. The number of nitrogens with one attached hydrogen (secondary N) is 1. The second-order valence-corrected chi connectivity index (χ2v) is 4.31. The number of nitrogens with two attached hydrogens (primary N) is 1. The van der Waals surface area contributed by atoms with Gasteiger partial charge in [0.05, 0.1) is 19.2 Å². The highest BCUT2D eigenvalue weighted by atomic mass is 19.1. The lowest BCUT2D eigenvalue weighted by molar-refractivity contribution is -0.115. The second-order valence-electron chi connectivity index (χ2n) is 4.31. The lowest BCUT2D eigenvalue weighted by atomic mass is 10.1. The van der Waals surface area contributed by atoms with Crippen LogP contribution in [-0.4, -0.2) is 13.0 Å². The fourth-order valence-corrected chi connectivity index (χ4v) is 1.84. The number of hydrogen-bond donors (Lipinski definition) is 2. The molecule has 3 N–H and O–H groups in total. The summed E-state index contributed by atoms with van der Waals surface area (Å²) in [5.74, 6) is -0.128. The molecule has 0 atom stereocenters. The average molecular weight is 274 g/mol. The standard InChI is InChI=1S/C15H15FN2O2/c1-20-14-9-12(17)5-6-13(14)18-15(19)8-10-3-2-4-11(16)7-10/h2-7,9H,8,17H2,1H3,(H,18,19). The van der Waals surface area contributed by atoms with Gasteiger partial charge in [0.15, 0.2) is 0 Å². The highest BCUT2D eigenvalue weighted by Gasteiger charge is 2.09. The van der Waals surface area contributed by atoms with Crippen LogP contribution in [0, 0.1) is 5.82 Å². The minimum Gasteiger partial charge on any atom is -0.494 e. The molecule has 0 fully saturated rings. The van der Waals surface area contributed by atoms with Gasteiger partial charge in [-0.1, -0.05) is 12.1 Å². The summed E-state index contributed by atoms with van der Waals surface area (Å²) < 4.78 is 18.2. The van der Waals surface area contributed by atoms with Gasteiger partial charge >= 0.3 is 0 Å². The number of rotatable bonds is 4. The van der Waals surface area contributed by atoms with Crippen LogP contribution in [0.25, 0.3) is 0 Å². The molecule has 0 aromatic heterocycles. The van der Waals surface area contributed by atoms with Crippen LogP contribution in [-0.2, 0) is 11.2 Å². The van der Waals surface area contributed by atoms with Crippen LogP contribution in [0.5, 0.6) is 5.75 Å². The first kappa shape index (κ1) is 13.9. The fraction of sp³-hybridized carbons (Fsp3) is 0.133. The molecule has 5 heteroatoms. The smallest absolute Gasteiger partial charge is 0.228 e. The molecular formula is C15H15FN2O2. The summed E-state index contributed by atoms with van der Waals surface area (Å²) in [7, 11) is 1.50. The van der Waals surface area contributed by atoms with Gasteiger partial charge in [0.2, 0.25) is 5.91 Å². The molecule has 4 nitrogen and oxygen atoms in total. The maximum Gasteiger partial charge on any atom is 0.228 e. The molecule has 0 aliphatic heterocycles. The zero-order valence-corrected chi connectivity index (χ0v) is 11.0. The number of anilines is 2. The van der Waals surface area contributed by atoms with Gasteiger partial charge in [-0.2, -0.15) is 0 Å². The molecule has 0 aliphatic carbocycles. The molecule has 0 heterocycles. The fourth-order valence-electron chi connectivity index (χ4n) is 1.84. The molecule has 20 heavy (non-hydrogen) atoms. The molecule has 104 valence electrons. The zero-order chi connectivity index (χ0) is 14.5. The third kappa shape index (κ3) is 3.47. The lowest BCUT2D eigenvalue weighted by Crippen LogP contribution is -2.15. The highest BCUT2D eigenvalue weighted by Crippen LogP contribution is 2.26. The van der Waals surface area contributed by atoms with E-state index in [4.69, 9.17) is 10.5 Å². The van der Waals surface area contributed by atoms with Crippen molar-refractivity contribution in [2.24, 2.45) is 0 Å². The minimum atomic E-state index is -0.361. The molecule has 0 spiro atoms.